The van der Waals surface area contributed by atoms with Crippen molar-refractivity contribution in [1.29, 1.82) is 0 Å². The second-order valence-corrected chi connectivity index (χ2v) is 7.66. The van der Waals surface area contributed by atoms with Gasteiger partial charge in [0.25, 0.3) is 10.0 Å². The molecule has 8 heteroatoms. The van der Waals surface area contributed by atoms with E-state index in [0.717, 1.165) is 10.4 Å². The topological polar surface area (TPSA) is 87.6 Å². The fraction of sp³-hybridized carbons (Fsp3) is 0.0526. The Morgan fingerprint density at radius 2 is 1.78 bits per heavy atom. The Labute approximate surface area is 155 Å². The molecule has 6 nitrogen and oxygen atoms in total. The molecule has 27 heavy (non-hydrogen) atoms. The second kappa shape index (κ2) is 7.16. The van der Waals surface area contributed by atoms with Gasteiger partial charge in [0.1, 0.15) is 11.6 Å². The lowest BCUT2D eigenvalue weighted by Gasteiger charge is -2.19. The first kappa shape index (κ1) is 18.5. The molecule has 0 aliphatic rings. The van der Waals surface area contributed by atoms with Gasteiger partial charge in [-0.1, -0.05) is 24.3 Å². The predicted molar refractivity (Wildman–Crippen MR) is 98.6 cm³/mol. The van der Waals surface area contributed by atoms with Gasteiger partial charge >= 0.3 is 5.97 Å². The summed E-state index contributed by atoms with van der Waals surface area (Å²) >= 11 is 0. The number of anilines is 1. The molecule has 3 rings (SSSR count). The summed E-state index contributed by atoms with van der Waals surface area (Å²) in [5.41, 5.74) is 0.00211. The molecule has 138 valence electrons. The van der Waals surface area contributed by atoms with Crippen molar-refractivity contribution in [3.63, 3.8) is 0 Å². The van der Waals surface area contributed by atoms with Crippen molar-refractivity contribution >= 4 is 21.8 Å². The van der Waals surface area contributed by atoms with E-state index in [9.17, 15) is 22.7 Å². The minimum atomic E-state index is -4.11. The first-order chi connectivity index (χ1) is 12.8. The van der Waals surface area contributed by atoms with Crippen molar-refractivity contribution < 1.29 is 22.7 Å². The second-order valence-electron chi connectivity index (χ2n) is 5.69. The van der Waals surface area contributed by atoms with E-state index in [1.165, 1.54) is 49.6 Å². The Kier molecular flexibility index (Phi) is 4.91. The maximum absolute atomic E-state index is 14.1. The molecule has 1 aromatic heterocycles. The largest absolute Gasteiger partial charge is 0.478 e. The summed E-state index contributed by atoms with van der Waals surface area (Å²) in [6.45, 7) is 0. The number of aromatic carboxylic acids is 1. The molecule has 0 amide bonds. The van der Waals surface area contributed by atoms with Crippen molar-refractivity contribution in [2.45, 2.75) is 4.90 Å². The summed E-state index contributed by atoms with van der Waals surface area (Å²) in [4.78, 5) is 15.2. The zero-order chi connectivity index (χ0) is 19.6. The normalized spacial score (nSPS) is 11.2. The highest BCUT2D eigenvalue weighted by atomic mass is 32.2. The molecule has 2 aromatic carbocycles. The van der Waals surface area contributed by atoms with E-state index in [2.05, 4.69) is 4.98 Å². The van der Waals surface area contributed by atoms with Crippen LogP contribution in [0.1, 0.15) is 10.4 Å². The number of nitrogens with zero attached hydrogens (tertiary/aromatic N) is 2. The zero-order valence-corrected chi connectivity index (χ0v) is 15.0. The molecule has 3 aromatic rings. The highest BCUT2D eigenvalue weighted by molar-refractivity contribution is 7.92. The van der Waals surface area contributed by atoms with Crippen LogP contribution in [0.15, 0.2) is 71.8 Å². The van der Waals surface area contributed by atoms with E-state index >= 15 is 0 Å². The van der Waals surface area contributed by atoms with E-state index < -0.39 is 21.8 Å². The number of carboxylic acid groups (broad SMARTS) is 1. The van der Waals surface area contributed by atoms with Crippen LogP contribution in [-0.2, 0) is 10.0 Å². The number of carboxylic acids is 1. The number of aromatic nitrogens is 1. The van der Waals surface area contributed by atoms with E-state index in [-0.39, 0.29) is 27.4 Å². The van der Waals surface area contributed by atoms with E-state index in [4.69, 9.17) is 0 Å². The maximum atomic E-state index is 14.1. The van der Waals surface area contributed by atoms with Crippen molar-refractivity contribution in [1.82, 2.24) is 4.98 Å². The third-order valence-corrected chi connectivity index (χ3v) is 5.71. The van der Waals surface area contributed by atoms with Gasteiger partial charge in [0, 0.05) is 18.8 Å². The van der Waals surface area contributed by atoms with E-state index in [1.54, 1.807) is 18.2 Å². The Morgan fingerprint density at radius 3 is 2.41 bits per heavy atom. The third-order valence-electron chi connectivity index (χ3n) is 3.97. The summed E-state index contributed by atoms with van der Waals surface area (Å²) in [6, 6.07) is 14.1. The number of halogens is 1. The fourth-order valence-corrected chi connectivity index (χ4v) is 3.77. The quantitative estimate of drug-likeness (QED) is 0.726. The van der Waals surface area contributed by atoms with Crippen LogP contribution < -0.4 is 4.31 Å². The number of hydrogen-bond donors (Lipinski definition) is 1. The molecule has 0 aliphatic heterocycles. The van der Waals surface area contributed by atoms with Crippen LogP contribution in [0.25, 0.3) is 11.1 Å². The van der Waals surface area contributed by atoms with Crippen LogP contribution in [0.4, 0.5) is 10.2 Å². The van der Waals surface area contributed by atoms with Gasteiger partial charge in [0.2, 0.25) is 0 Å². The Bertz CT molecular complexity index is 1100. The van der Waals surface area contributed by atoms with Crippen molar-refractivity contribution in [2.75, 3.05) is 11.4 Å². The van der Waals surface area contributed by atoms with E-state index in [0.29, 0.717) is 0 Å². The maximum Gasteiger partial charge on any atom is 0.335 e. The lowest BCUT2D eigenvalue weighted by Crippen LogP contribution is -2.27. The molecule has 0 spiro atoms. The lowest BCUT2D eigenvalue weighted by atomic mass is 10.0. The summed E-state index contributed by atoms with van der Waals surface area (Å²) in [5.74, 6) is -1.72. The molecule has 1 N–H and O–H groups in total. The van der Waals surface area contributed by atoms with Crippen molar-refractivity contribution in [3.05, 3.63) is 78.2 Å². The summed E-state index contributed by atoms with van der Waals surface area (Å²) in [6.07, 6.45) is 1.44. The molecule has 0 atom stereocenters. The van der Waals surface area contributed by atoms with Gasteiger partial charge in [-0.3, -0.25) is 4.31 Å². The minimum absolute atomic E-state index is 0.109. The van der Waals surface area contributed by atoms with Gasteiger partial charge in [-0.15, -0.1) is 0 Å². The van der Waals surface area contributed by atoms with Crippen LogP contribution in [0.5, 0.6) is 0 Å². The van der Waals surface area contributed by atoms with Crippen molar-refractivity contribution in [2.24, 2.45) is 0 Å². The number of sulfonamides is 1. The predicted octanol–water partition coefficient (Wildman–Crippen LogP) is 3.41. The zero-order valence-electron chi connectivity index (χ0n) is 14.2. The number of rotatable bonds is 5. The van der Waals surface area contributed by atoms with Gasteiger partial charge < -0.3 is 5.11 Å². The van der Waals surface area contributed by atoms with Crippen molar-refractivity contribution in [3.8, 4) is 11.1 Å². The molecule has 0 radical (unpaired) electrons. The number of benzene rings is 2. The minimum Gasteiger partial charge on any atom is -0.478 e. The molecule has 0 saturated carbocycles. The van der Waals surface area contributed by atoms with E-state index in [1.807, 2.05) is 0 Å². The summed E-state index contributed by atoms with van der Waals surface area (Å²) in [7, 11) is -2.79. The third kappa shape index (κ3) is 3.65. The standard InChI is InChI=1S/C19H15FN2O4S/c1-22(18-8-4-5-9-21-18)27(25,26)15-11-13(10-14(12-15)19(23)24)16-6-2-3-7-17(16)20/h2-12H,1H3,(H,23,24). The Morgan fingerprint density at radius 1 is 1.07 bits per heavy atom. The lowest BCUT2D eigenvalue weighted by molar-refractivity contribution is 0.0696. The van der Waals surface area contributed by atoms with Crippen LogP contribution >= 0.6 is 0 Å². The molecular weight excluding hydrogens is 371 g/mol. The smallest absolute Gasteiger partial charge is 0.335 e. The van der Waals surface area contributed by atoms with Crippen LogP contribution in [0.3, 0.4) is 0 Å². The number of pyridine rings is 1. The number of carbonyl (C=O) groups is 1. The van der Waals surface area contributed by atoms with Gasteiger partial charge in [0.05, 0.1) is 10.5 Å². The van der Waals surface area contributed by atoms with Crippen LogP contribution in [0, 0.1) is 5.82 Å². The van der Waals surface area contributed by atoms with Gasteiger partial charge in [0.15, 0.2) is 0 Å². The first-order valence-corrected chi connectivity index (χ1v) is 9.28. The number of hydrogen-bond acceptors (Lipinski definition) is 4. The fourth-order valence-electron chi connectivity index (χ4n) is 2.54. The average molecular weight is 386 g/mol. The van der Waals surface area contributed by atoms with Crippen LogP contribution in [0.2, 0.25) is 0 Å². The Hall–Kier alpha value is -3.26. The highest BCUT2D eigenvalue weighted by Gasteiger charge is 2.25. The van der Waals surface area contributed by atoms with Gasteiger partial charge in [-0.2, -0.15) is 0 Å². The molecule has 0 saturated heterocycles. The van der Waals surface area contributed by atoms with Gasteiger partial charge in [-0.05, 0) is 42.0 Å². The molecule has 1 heterocycles. The Balaban J connectivity index is 2.18. The molecule has 0 fully saturated rings. The van der Waals surface area contributed by atoms with Crippen LogP contribution in [-0.4, -0.2) is 31.5 Å². The summed E-state index contributed by atoms with van der Waals surface area (Å²) < 4.78 is 41.0. The first-order valence-electron chi connectivity index (χ1n) is 7.84. The molecule has 0 unspecified atom stereocenters. The van der Waals surface area contributed by atoms with Gasteiger partial charge in [-0.25, -0.2) is 22.6 Å². The highest BCUT2D eigenvalue weighted by Crippen LogP contribution is 2.29. The molecule has 0 aliphatic carbocycles. The molecular formula is C19H15FN2O4S. The monoisotopic (exact) mass is 386 g/mol. The summed E-state index contributed by atoms with van der Waals surface area (Å²) in [5, 5.41) is 9.36. The SMILES string of the molecule is CN(c1ccccn1)S(=O)(=O)c1cc(C(=O)O)cc(-c2ccccc2F)c1. The molecule has 0 bridgehead atoms. The average Bonchev–Trinajstić information content (AvgIpc) is 2.68.